The van der Waals surface area contributed by atoms with E-state index >= 15 is 0 Å². The van der Waals surface area contributed by atoms with Crippen LogP contribution in [0.25, 0.3) is 0 Å². The summed E-state index contributed by atoms with van der Waals surface area (Å²) in [6, 6.07) is 5.92. The van der Waals surface area contributed by atoms with Crippen molar-refractivity contribution in [2.24, 2.45) is 0 Å². The zero-order valence-corrected chi connectivity index (χ0v) is 13.4. The van der Waals surface area contributed by atoms with Crippen LogP contribution in [-0.2, 0) is 0 Å². The molecule has 0 amide bonds. The van der Waals surface area contributed by atoms with E-state index in [1.165, 1.54) is 0 Å². The van der Waals surface area contributed by atoms with Gasteiger partial charge in [-0.1, -0.05) is 24.6 Å². The molecule has 0 saturated carbocycles. The Morgan fingerprint density at radius 3 is 2.38 bits per heavy atom. The highest BCUT2D eigenvalue weighted by molar-refractivity contribution is 9.10. The molecule has 0 bridgehead atoms. The minimum atomic E-state index is -1.21. The number of hydrogen-bond donors (Lipinski definition) is 1. The lowest BCUT2D eigenvalue weighted by Gasteiger charge is -2.20. The van der Waals surface area contributed by atoms with Crippen LogP contribution in [-0.4, -0.2) is 6.54 Å². The largest absolute Gasteiger partial charge is 0.306 e. The average molecular weight is 379 g/mol. The van der Waals surface area contributed by atoms with Crippen LogP contribution in [0.1, 0.15) is 24.1 Å². The number of halogens is 5. The smallest absolute Gasteiger partial charge is 0.161 e. The molecule has 0 aliphatic rings. The summed E-state index contributed by atoms with van der Waals surface area (Å²) in [5.41, 5.74) is 0.698. The molecule has 0 spiro atoms. The first-order valence-corrected chi connectivity index (χ1v) is 7.44. The molecule has 2 aromatic rings. The molecule has 0 aliphatic heterocycles. The lowest BCUT2D eigenvalue weighted by atomic mass is 9.98. The molecule has 0 saturated heterocycles. The lowest BCUT2D eigenvalue weighted by molar-refractivity contribution is 0.481. The molecule has 0 radical (unpaired) electrons. The first-order valence-electron chi connectivity index (χ1n) is 6.26. The fraction of sp³-hybridized carbons (Fsp3) is 0.200. The van der Waals surface area contributed by atoms with Gasteiger partial charge in [0, 0.05) is 16.1 Å². The SMILES string of the molecule is CCNC(c1ccc(Br)c(Cl)c1)c1cc(F)c(F)cc1F. The Morgan fingerprint density at radius 2 is 1.76 bits per heavy atom. The highest BCUT2D eigenvalue weighted by atomic mass is 79.9. The van der Waals surface area contributed by atoms with Gasteiger partial charge in [-0.15, -0.1) is 0 Å². The van der Waals surface area contributed by atoms with Crippen molar-refractivity contribution in [3.63, 3.8) is 0 Å². The van der Waals surface area contributed by atoms with Crippen molar-refractivity contribution in [2.45, 2.75) is 13.0 Å². The van der Waals surface area contributed by atoms with Gasteiger partial charge >= 0.3 is 0 Å². The van der Waals surface area contributed by atoms with Crippen molar-refractivity contribution in [3.05, 3.63) is 68.4 Å². The van der Waals surface area contributed by atoms with Crippen molar-refractivity contribution < 1.29 is 13.2 Å². The van der Waals surface area contributed by atoms with Gasteiger partial charge in [-0.2, -0.15) is 0 Å². The maximum Gasteiger partial charge on any atom is 0.161 e. The zero-order valence-electron chi connectivity index (χ0n) is 11.1. The van der Waals surface area contributed by atoms with Crippen LogP contribution >= 0.6 is 27.5 Å². The second-order valence-electron chi connectivity index (χ2n) is 4.45. The van der Waals surface area contributed by atoms with Crippen LogP contribution < -0.4 is 5.32 Å². The summed E-state index contributed by atoms with van der Waals surface area (Å²) in [6.45, 7) is 2.36. The second kappa shape index (κ2) is 6.81. The Kier molecular flexibility index (Phi) is 5.30. The van der Waals surface area contributed by atoms with Gasteiger partial charge in [0.25, 0.3) is 0 Å². The number of benzene rings is 2. The van der Waals surface area contributed by atoms with E-state index in [9.17, 15) is 13.2 Å². The molecule has 0 fully saturated rings. The van der Waals surface area contributed by atoms with Crippen LogP contribution in [0.3, 0.4) is 0 Å². The Balaban J connectivity index is 2.52. The molecule has 0 aromatic heterocycles. The van der Waals surface area contributed by atoms with Gasteiger partial charge in [-0.3, -0.25) is 0 Å². The summed E-state index contributed by atoms with van der Waals surface area (Å²) < 4.78 is 41.2. The van der Waals surface area contributed by atoms with E-state index in [1.54, 1.807) is 18.2 Å². The van der Waals surface area contributed by atoms with Crippen molar-refractivity contribution in [1.82, 2.24) is 5.32 Å². The summed E-state index contributed by atoms with van der Waals surface area (Å²) >= 11 is 9.31. The highest BCUT2D eigenvalue weighted by Crippen LogP contribution is 2.31. The minimum absolute atomic E-state index is 0.0362. The fourth-order valence-electron chi connectivity index (χ4n) is 2.06. The molecule has 0 heterocycles. The first-order chi connectivity index (χ1) is 9.93. The van der Waals surface area contributed by atoms with Crippen molar-refractivity contribution in [2.75, 3.05) is 6.54 Å². The van der Waals surface area contributed by atoms with E-state index in [4.69, 9.17) is 11.6 Å². The van der Waals surface area contributed by atoms with E-state index in [2.05, 4.69) is 21.2 Å². The molecular weight excluding hydrogens is 367 g/mol. The molecular formula is C15H12BrClF3N. The van der Waals surface area contributed by atoms with Gasteiger partial charge in [-0.25, -0.2) is 13.2 Å². The second-order valence-corrected chi connectivity index (χ2v) is 5.71. The quantitative estimate of drug-likeness (QED) is 0.719. The highest BCUT2D eigenvalue weighted by Gasteiger charge is 2.20. The number of nitrogens with one attached hydrogen (secondary N) is 1. The first kappa shape index (κ1) is 16.3. The summed E-state index contributed by atoms with van der Waals surface area (Å²) in [5.74, 6) is -3.10. The maximum absolute atomic E-state index is 14.0. The molecule has 2 aromatic carbocycles. The average Bonchev–Trinajstić information content (AvgIpc) is 2.44. The third-order valence-corrected chi connectivity index (χ3v) is 4.27. The van der Waals surface area contributed by atoms with Gasteiger partial charge in [0.15, 0.2) is 11.6 Å². The molecule has 6 heteroatoms. The van der Waals surface area contributed by atoms with Crippen LogP contribution in [0.5, 0.6) is 0 Å². The lowest BCUT2D eigenvalue weighted by Crippen LogP contribution is -2.23. The third kappa shape index (κ3) is 3.59. The van der Waals surface area contributed by atoms with E-state index in [0.717, 1.165) is 6.07 Å². The van der Waals surface area contributed by atoms with Crippen LogP contribution in [0.15, 0.2) is 34.8 Å². The summed E-state index contributed by atoms with van der Waals surface area (Å²) in [7, 11) is 0. The molecule has 1 atom stereocenters. The molecule has 1 N–H and O–H groups in total. The van der Waals surface area contributed by atoms with E-state index in [1.807, 2.05) is 6.92 Å². The van der Waals surface area contributed by atoms with Crippen molar-refractivity contribution in [1.29, 1.82) is 0 Å². The molecule has 0 aliphatic carbocycles. The molecule has 112 valence electrons. The Hall–Kier alpha value is -1.04. The van der Waals surface area contributed by atoms with Gasteiger partial charge < -0.3 is 5.32 Å². The summed E-state index contributed by atoms with van der Waals surface area (Å²) in [5, 5.41) is 3.50. The van der Waals surface area contributed by atoms with Gasteiger partial charge in [0.2, 0.25) is 0 Å². The summed E-state index contributed by atoms with van der Waals surface area (Å²) in [6.07, 6.45) is 0. The maximum atomic E-state index is 14.0. The van der Waals surface area contributed by atoms with Crippen molar-refractivity contribution in [3.8, 4) is 0 Å². The fourth-order valence-corrected chi connectivity index (χ4v) is 2.50. The zero-order chi connectivity index (χ0) is 15.6. The summed E-state index contributed by atoms with van der Waals surface area (Å²) in [4.78, 5) is 0. The van der Waals surface area contributed by atoms with Gasteiger partial charge in [0.05, 0.1) is 11.1 Å². The van der Waals surface area contributed by atoms with Crippen LogP contribution in [0, 0.1) is 17.5 Å². The Labute approximate surface area is 134 Å². The van der Waals surface area contributed by atoms with E-state index in [-0.39, 0.29) is 5.56 Å². The predicted molar refractivity (Wildman–Crippen MR) is 81.0 cm³/mol. The minimum Gasteiger partial charge on any atom is -0.306 e. The van der Waals surface area contributed by atoms with Crippen LogP contribution in [0.4, 0.5) is 13.2 Å². The molecule has 2 rings (SSSR count). The Morgan fingerprint density at radius 1 is 1.10 bits per heavy atom. The van der Waals surface area contributed by atoms with E-state index < -0.39 is 23.5 Å². The van der Waals surface area contributed by atoms with E-state index in [0.29, 0.717) is 27.7 Å². The topological polar surface area (TPSA) is 12.0 Å². The predicted octanol–water partition coefficient (Wildman–Crippen LogP) is 5.22. The third-order valence-electron chi connectivity index (χ3n) is 3.04. The molecule has 1 nitrogen and oxygen atoms in total. The van der Waals surface area contributed by atoms with Gasteiger partial charge in [0.1, 0.15) is 5.82 Å². The van der Waals surface area contributed by atoms with Gasteiger partial charge in [-0.05, 0) is 46.2 Å². The number of hydrogen-bond acceptors (Lipinski definition) is 1. The van der Waals surface area contributed by atoms with Crippen molar-refractivity contribution >= 4 is 27.5 Å². The number of rotatable bonds is 4. The van der Waals surface area contributed by atoms with Crippen LogP contribution in [0.2, 0.25) is 5.02 Å². The molecule has 1 unspecified atom stereocenters. The normalized spacial score (nSPS) is 12.5. The standard InChI is InChI=1S/C15H12BrClF3N/c1-2-21-15(8-3-4-10(16)11(17)5-8)9-6-13(19)14(20)7-12(9)18/h3-7,15,21H,2H2,1H3. The monoisotopic (exact) mass is 377 g/mol. The molecule has 21 heavy (non-hydrogen) atoms. The Bertz CT molecular complexity index is 664.